The zero-order chi connectivity index (χ0) is 36.2. The fraction of sp³-hybridized carbons (Fsp3) is 0.435. The van der Waals surface area contributed by atoms with E-state index in [0.29, 0.717) is 6.61 Å². The maximum atomic E-state index is 6.07. The topological polar surface area (TPSA) is 46.6 Å². The van der Waals surface area contributed by atoms with Crippen molar-refractivity contribution in [1.82, 2.24) is 9.80 Å². The Morgan fingerprint density at radius 1 is 0.623 bits per heavy atom. The number of hydrogen-bond acceptors (Lipinski definition) is 7. The number of fused-ring (bicyclic) bond motifs is 2. The Kier molecular flexibility index (Phi) is 13.2. The quantitative estimate of drug-likeness (QED) is 0.155. The highest BCUT2D eigenvalue weighted by atomic mass is 16.5. The average molecular weight is 716 g/mol. The molecule has 0 aromatic heterocycles. The molecule has 0 saturated carbocycles. The first-order chi connectivity index (χ1) is 26.2. The van der Waals surface area contributed by atoms with E-state index in [0.717, 1.165) is 109 Å². The van der Waals surface area contributed by atoms with E-state index < -0.39 is 0 Å². The monoisotopic (exact) mass is 715 g/mol. The summed E-state index contributed by atoms with van der Waals surface area (Å²) in [5.74, 6) is 1.87. The van der Waals surface area contributed by atoms with Crippen LogP contribution in [0.1, 0.15) is 66.2 Å². The Morgan fingerprint density at radius 2 is 1.21 bits per heavy atom. The van der Waals surface area contributed by atoms with Crippen LogP contribution in [-0.4, -0.2) is 89.1 Å². The Morgan fingerprint density at radius 3 is 1.77 bits per heavy atom. The first kappa shape index (κ1) is 37.2. The fourth-order valence-corrected chi connectivity index (χ4v) is 8.16. The van der Waals surface area contributed by atoms with Gasteiger partial charge in [-0.3, -0.25) is 9.80 Å². The molecule has 1 fully saturated rings. The molecule has 2 atom stereocenters. The van der Waals surface area contributed by atoms with Crippen molar-refractivity contribution in [3.8, 4) is 11.5 Å². The van der Waals surface area contributed by atoms with Gasteiger partial charge in [0, 0.05) is 58.0 Å². The van der Waals surface area contributed by atoms with Crippen molar-refractivity contribution >= 4 is 11.3 Å². The molecule has 4 aliphatic rings. The second kappa shape index (κ2) is 18.8. The number of rotatable bonds is 11. The van der Waals surface area contributed by atoms with E-state index in [2.05, 4.69) is 106 Å². The molecule has 0 radical (unpaired) electrons. The van der Waals surface area contributed by atoms with Gasteiger partial charge in [0.15, 0.2) is 0 Å². The molecule has 0 aliphatic carbocycles. The molecule has 4 aromatic rings. The minimum Gasteiger partial charge on any atom is -0.497 e. The van der Waals surface area contributed by atoms with Crippen molar-refractivity contribution < 1.29 is 18.9 Å². The number of hydrogen-bond donors (Lipinski definition) is 0. The van der Waals surface area contributed by atoms with E-state index in [1.165, 1.54) is 39.1 Å². The highest BCUT2D eigenvalue weighted by Crippen LogP contribution is 2.32. The molecular weight excluding hydrogens is 659 g/mol. The molecule has 4 aromatic carbocycles. The third-order valence-corrected chi connectivity index (χ3v) is 11.2. The molecule has 8 rings (SSSR count). The van der Waals surface area contributed by atoms with Crippen molar-refractivity contribution in [1.29, 1.82) is 0 Å². The molecule has 0 bridgehead atoms. The van der Waals surface area contributed by atoms with E-state index >= 15 is 0 Å². The number of methoxy groups -OCH3 is 1. The molecule has 7 heteroatoms. The molecule has 280 valence electrons. The molecule has 1 saturated heterocycles. The van der Waals surface area contributed by atoms with Gasteiger partial charge in [-0.1, -0.05) is 66.7 Å². The minimum absolute atomic E-state index is 0.256. The van der Waals surface area contributed by atoms with Crippen LogP contribution in [0.25, 0.3) is 5.57 Å². The predicted molar refractivity (Wildman–Crippen MR) is 215 cm³/mol. The average Bonchev–Trinajstić information content (AvgIpc) is 3.23. The minimum atomic E-state index is 0.256. The largest absolute Gasteiger partial charge is 0.497 e. The normalized spacial score (nSPS) is 20.3. The van der Waals surface area contributed by atoms with Gasteiger partial charge in [-0.15, -0.1) is 0 Å². The van der Waals surface area contributed by atoms with Crippen molar-refractivity contribution in [3.05, 3.63) is 131 Å². The standard InChI is InChI=1S/C23H30N2O2.C23H27NO2/c1-2-26-21-9-7-20(8-10-21)25-16-14-24(15-17-25)13-11-23-22-6-4-3-5-19(22)12-18-27-23;1-25-21-8-6-18(7-9-21)19-10-14-24(15-11-19)16-12-23-22-5-3-2-4-20(22)13-17-26-23/h3-10,23H,2,11-18H2,1H3;2-10,23H,11-17H2,1H3. The van der Waals surface area contributed by atoms with Crippen LogP contribution in [0.5, 0.6) is 11.5 Å². The van der Waals surface area contributed by atoms with E-state index in [-0.39, 0.29) is 12.2 Å². The molecule has 0 amide bonds. The summed E-state index contributed by atoms with van der Waals surface area (Å²) in [6, 6.07) is 34.4. The maximum Gasteiger partial charge on any atom is 0.119 e. The summed E-state index contributed by atoms with van der Waals surface area (Å²) in [4.78, 5) is 7.58. The van der Waals surface area contributed by atoms with Crippen LogP contribution in [0.4, 0.5) is 5.69 Å². The summed E-state index contributed by atoms with van der Waals surface area (Å²) < 4.78 is 22.9. The Labute approximate surface area is 317 Å². The lowest BCUT2D eigenvalue weighted by Gasteiger charge is -2.37. The summed E-state index contributed by atoms with van der Waals surface area (Å²) >= 11 is 0. The summed E-state index contributed by atoms with van der Waals surface area (Å²) in [6.45, 7) is 13.2. The molecule has 7 nitrogen and oxygen atoms in total. The number of piperazine rings is 1. The molecule has 0 N–H and O–H groups in total. The van der Waals surface area contributed by atoms with Gasteiger partial charge in [0.25, 0.3) is 0 Å². The Hall–Kier alpha value is -4.14. The van der Waals surface area contributed by atoms with Crippen LogP contribution in [0.15, 0.2) is 103 Å². The van der Waals surface area contributed by atoms with Crippen LogP contribution >= 0.6 is 0 Å². The highest BCUT2D eigenvalue weighted by molar-refractivity contribution is 5.67. The van der Waals surface area contributed by atoms with Gasteiger partial charge in [0.1, 0.15) is 11.5 Å². The summed E-state index contributed by atoms with van der Waals surface area (Å²) in [5, 5.41) is 0. The Balaban J connectivity index is 0.000000164. The van der Waals surface area contributed by atoms with Crippen molar-refractivity contribution in [3.63, 3.8) is 0 Å². The maximum absolute atomic E-state index is 6.07. The second-order valence-corrected chi connectivity index (χ2v) is 14.5. The number of benzene rings is 4. The van der Waals surface area contributed by atoms with Crippen LogP contribution in [0, 0.1) is 0 Å². The van der Waals surface area contributed by atoms with Crippen LogP contribution < -0.4 is 14.4 Å². The third-order valence-electron chi connectivity index (χ3n) is 11.2. The molecule has 4 aliphatic heterocycles. The molecular formula is C46H57N3O4. The van der Waals surface area contributed by atoms with Crippen LogP contribution in [0.2, 0.25) is 0 Å². The van der Waals surface area contributed by atoms with Crippen molar-refractivity contribution in [2.45, 2.75) is 51.2 Å². The van der Waals surface area contributed by atoms with Gasteiger partial charge in [-0.2, -0.15) is 0 Å². The van der Waals surface area contributed by atoms with Crippen LogP contribution in [-0.2, 0) is 22.3 Å². The first-order valence-electron chi connectivity index (χ1n) is 19.8. The lowest BCUT2D eigenvalue weighted by atomic mass is 9.95. The van der Waals surface area contributed by atoms with Gasteiger partial charge in [-0.05, 0) is 109 Å². The summed E-state index contributed by atoms with van der Waals surface area (Å²) in [5.41, 5.74) is 9.78. The molecule has 2 unspecified atom stereocenters. The van der Waals surface area contributed by atoms with Gasteiger partial charge >= 0.3 is 0 Å². The number of anilines is 1. The Bertz CT molecular complexity index is 1750. The number of nitrogens with zero attached hydrogens (tertiary/aromatic N) is 3. The molecule has 0 spiro atoms. The fourth-order valence-electron chi connectivity index (χ4n) is 8.16. The van der Waals surface area contributed by atoms with Gasteiger partial charge < -0.3 is 23.8 Å². The molecule has 53 heavy (non-hydrogen) atoms. The van der Waals surface area contributed by atoms with Crippen molar-refractivity contribution in [2.75, 3.05) is 84.2 Å². The molecule has 4 heterocycles. The second-order valence-electron chi connectivity index (χ2n) is 14.5. The zero-order valence-electron chi connectivity index (χ0n) is 31.8. The smallest absolute Gasteiger partial charge is 0.119 e. The van der Waals surface area contributed by atoms with E-state index in [4.69, 9.17) is 18.9 Å². The summed E-state index contributed by atoms with van der Waals surface area (Å²) in [6.07, 6.45) is 8.25. The SMILES string of the molecule is CCOc1ccc(N2CCN(CCC3OCCc4ccccc43)CC2)cc1.COc1ccc(C2=CCN(CCC3OCCc4ccccc43)CC2)cc1. The third kappa shape index (κ3) is 9.89. The van der Waals surface area contributed by atoms with Gasteiger partial charge in [0.05, 0.1) is 39.1 Å². The highest BCUT2D eigenvalue weighted by Gasteiger charge is 2.24. The lowest BCUT2D eigenvalue weighted by molar-refractivity contribution is 0.0289. The van der Waals surface area contributed by atoms with Gasteiger partial charge in [0.2, 0.25) is 0 Å². The van der Waals surface area contributed by atoms with Gasteiger partial charge in [-0.25, -0.2) is 0 Å². The van der Waals surface area contributed by atoms with E-state index in [1.807, 2.05) is 19.1 Å². The van der Waals surface area contributed by atoms with Crippen molar-refractivity contribution in [2.24, 2.45) is 0 Å². The van der Waals surface area contributed by atoms with Crippen LogP contribution in [0.3, 0.4) is 0 Å². The summed E-state index contributed by atoms with van der Waals surface area (Å²) in [7, 11) is 1.71. The predicted octanol–water partition coefficient (Wildman–Crippen LogP) is 8.40. The zero-order valence-corrected chi connectivity index (χ0v) is 31.8. The first-order valence-corrected chi connectivity index (χ1v) is 19.8. The lowest BCUT2D eigenvalue weighted by Crippen LogP contribution is -2.46. The van der Waals surface area contributed by atoms with E-state index in [1.54, 1.807) is 7.11 Å². The number of ether oxygens (including phenoxy) is 4. The van der Waals surface area contributed by atoms with E-state index in [9.17, 15) is 0 Å².